The molecule has 1 aliphatic rings. The summed E-state index contributed by atoms with van der Waals surface area (Å²) in [4.78, 5) is 27.1. The van der Waals surface area contributed by atoms with E-state index in [4.69, 9.17) is 0 Å². The molecule has 0 aromatic carbocycles. The molecule has 116 valence electrons. The molecule has 0 spiro atoms. The van der Waals surface area contributed by atoms with Gasteiger partial charge in [-0.05, 0) is 6.42 Å². The maximum absolute atomic E-state index is 12.4. The van der Waals surface area contributed by atoms with Gasteiger partial charge in [0, 0.05) is 18.6 Å². The maximum Gasteiger partial charge on any atom is 0.247 e. The molecule has 3 aromatic heterocycles. The highest BCUT2D eigenvalue weighted by atomic mass is 16.2. The van der Waals surface area contributed by atoms with Gasteiger partial charge in [0.25, 0.3) is 0 Å². The first-order valence-corrected chi connectivity index (χ1v) is 7.22. The fourth-order valence-electron chi connectivity index (χ4n) is 2.66. The van der Waals surface area contributed by atoms with Gasteiger partial charge in [0.1, 0.15) is 18.1 Å². The van der Waals surface area contributed by atoms with Gasteiger partial charge in [-0.2, -0.15) is 10.1 Å². The summed E-state index contributed by atoms with van der Waals surface area (Å²) in [5.74, 6) is 1.04. The zero-order valence-electron chi connectivity index (χ0n) is 12.3. The summed E-state index contributed by atoms with van der Waals surface area (Å²) in [6, 6.07) is -0.356. The van der Waals surface area contributed by atoms with Crippen LogP contribution in [-0.4, -0.2) is 41.7 Å². The van der Waals surface area contributed by atoms with Gasteiger partial charge in [0.2, 0.25) is 11.9 Å². The molecule has 0 bridgehead atoms. The lowest BCUT2D eigenvalue weighted by molar-refractivity contribution is -0.117. The van der Waals surface area contributed by atoms with Crippen molar-refractivity contribution in [3.63, 3.8) is 0 Å². The van der Waals surface area contributed by atoms with Crippen LogP contribution in [0, 0.1) is 0 Å². The Bertz CT molecular complexity index is 827. The number of hydrogen-bond donors (Lipinski definition) is 2. The Balaban J connectivity index is 1.88. The molecule has 4 rings (SSSR count). The Labute approximate surface area is 131 Å². The molecule has 2 N–H and O–H groups in total. The van der Waals surface area contributed by atoms with E-state index in [1.807, 2.05) is 11.8 Å². The lowest BCUT2D eigenvalue weighted by Gasteiger charge is -2.35. The molecule has 0 fully saturated rings. The number of imidazole rings is 1. The summed E-state index contributed by atoms with van der Waals surface area (Å²) in [7, 11) is 0. The van der Waals surface area contributed by atoms with Gasteiger partial charge in [0.05, 0.1) is 18.1 Å². The first-order chi connectivity index (χ1) is 11.3. The van der Waals surface area contributed by atoms with Gasteiger partial charge >= 0.3 is 0 Å². The van der Waals surface area contributed by atoms with Crippen molar-refractivity contribution in [1.82, 2.24) is 29.7 Å². The number of anilines is 3. The van der Waals surface area contributed by atoms with E-state index in [1.165, 1.54) is 0 Å². The van der Waals surface area contributed by atoms with Crippen LogP contribution in [-0.2, 0) is 4.79 Å². The van der Waals surface area contributed by atoms with Crippen molar-refractivity contribution < 1.29 is 4.79 Å². The number of hydrogen-bond acceptors (Lipinski definition) is 6. The van der Waals surface area contributed by atoms with Crippen LogP contribution in [0.25, 0.3) is 5.95 Å². The van der Waals surface area contributed by atoms with Gasteiger partial charge in [-0.25, -0.2) is 9.97 Å². The van der Waals surface area contributed by atoms with Crippen LogP contribution in [0.3, 0.4) is 0 Å². The SMILES string of the molecule is CCC1C(=O)Nc2cnc(-n3ccnc3)nc2N1c1cn[nH]c1. The summed E-state index contributed by atoms with van der Waals surface area (Å²) in [6.45, 7) is 1.96. The average molecular weight is 310 g/mol. The van der Waals surface area contributed by atoms with Crippen LogP contribution in [0.5, 0.6) is 0 Å². The normalized spacial score (nSPS) is 17.0. The number of H-pyrrole nitrogens is 1. The minimum Gasteiger partial charge on any atom is -0.320 e. The molecule has 4 heterocycles. The summed E-state index contributed by atoms with van der Waals surface area (Å²) in [5, 5.41) is 9.62. The van der Waals surface area contributed by atoms with Gasteiger partial charge < -0.3 is 10.2 Å². The van der Waals surface area contributed by atoms with E-state index in [2.05, 4.69) is 30.5 Å². The molecule has 1 amide bonds. The van der Waals surface area contributed by atoms with E-state index < -0.39 is 0 Å². The first kappa shape index (κ1) is 13.4. The van der Waals surface area contributed by atoms with Crippen molar-refractivity contribution >= 4 is 23.1 Å². The zero-order chi connectivity index (χ0) is 15.8. The molecule has 23 heavy (non-hydrogen) atoms. The van der Waals surface area contributed by atoms with E-state index in [0.717, 1.165) is 5.69 Å². The lowest BCUT2D eigenvalue weighted by Crippen LogP contribution is -2.45. The topological polar surface area (TPSA) is 105 Å². The van der Waals surface area contributed by atoms with E-state index in [0.29, 0.717) is 23.9 Å². The van der Waals surface area contributed by atoms with Gasteiger partial charge in [-0.3, -0.25) is 14.5 Å². The fraction of sp³-hybridized carbons (Fsp3) is 0.214. The summed E-state index contributed by atoms with van der Waals surface area (Å²) in [5.41, 5.74) is 1.35. The standard InChI is InChI=1S/C14H14N8O/c1-2-11-13(23)19-10-7-16-14(21-4-3-15-8-21)20-12(10)22(11)9-5-17-18-6-9/h3-8,11H,2H2,1H3,(H,17,18)(H,19,23). The molecule has 0 saturated carbocycles. The zero-order valence-corrected chi connectivity index (χ0v) is 12.3. The van der Waals surface area contributed by atoms with Gasteiger partial charge in [-0.1, -0.05) is 6.92 Å². The molecular formula is C14H14N8O. The number of nitrogens with one attached hydrogen (secondary N) is 2. The quantitative estimate of drug-likeness (QED) is 0.754. The van der Waals surface area contributed by atoms with Crippen LogP contribution in [0.4, 0.5) is 17.2 Å². The summed E-state index contributed by atoms with van der Waals surface area (Å²) >= 11 is 0. The summed E-state index contributed by atoms with van der Waals surface area (Å²) < 4.78 is 1.71. The van der Waals surface area contributed by atoms with E-state index in [-0.39, 0.29) is 11.9 Å². The van der Waals surface area contributed by atoms with E-state index in [1.54, 1.807) is 41.9 Å². The maximum atomic E-state index is 12.4. The van der Waals surface area contributed by atoms with E-state index in [9.17, 15) is 4.79 Å². The third-order valence-electron chi connectivity index (χ3n) is 3.74. The Morgan fingerprint density at radius 3 is 2.96 bits per heavy atom. The minimum absolute atomic E-state index is 0.0832. The largest absolute Gasteiger partial charge is 0.320 e. The molecule has 0 radical (unpaired) electrons. The number of aromatic amines is 1. The van der Waals surface area contributed by atoms with Gasteiger partial charge in [-0.15, -0.1) is 0 Å². The molecule has 1 unspecified atom stereocenters. The molecule has 9 nitrogen and oxygen atoms in total. The Morgan fingerprint density at radius 2 is 2.26 bits per heavy atom. The fourth-order valence-corrected chi connectivity index (χ4v) is 2.66. The summed E-state index contributed by atoms with van der Waals surface area (Å²) in [6.07, 6.45) is 10.7. The second kappa shape index (κ2) is 5.20. The number of aromatic nitrogens is 6. The molecule has 1 atom stereocenters. The third kappa shape index (κ3) is 2.13. The smallest absolute Gasteiger partial charge is 0.247 e. The second-order valence-electron chi connectivity index (χ2n) is 5.12. The van der Waals surface area contributed by atoms with Crippen molar-refractivity contribution in [3.05, 3.63) is 37.3 Å². The Morgan fingerprint density at radius 1 is 1.35 bits per heavy atom. The van der Waals surface area contributed by atoms with Crippen molar-refractivity contribution in [1.29, 1.82) is 0 Å². The highest BCUT2D eigenvalue weighted by molar-refractivity contribution is 6.04. The van der Waals surface area contributed by atoms with Crippen molar-refractivity contribution in [3.8, 4) is 5.95 Å². The first-order valence-electron chi connectivity index (χ1n) is 7.22. The number of nitrogens with zero attached hydrogens (tertiary/aromatic N) is 6. The Hall–Kier alpha value is -3.23. The van der Waals surface area contributed by atoms with Crippen LogP contribution in [0.2, 0.25) is 0 Å². The lowest BCUT2D eigenvalue weighted by atomic mass is 10.1. The number of carbonyl (C=O) groups is 1. The number of fused-ring (bicyclic) bond motifs is 1. The molecule has 9 heteroatoms. The number of amides is 1. The van der Waals surface area contributed by atoms with E-state index >= 15 is 0 Å². The van der Waals surface area contributed by atoms with Crippen LogP contribution in [0.1, 0.15) is 13.3 Å². The van der Waals surface area contributed by atoms with Crippen molar-refractivity contribution in [2.45, 2.75) is 19.4 Å². The molecular weight excluding hydrogens is 296 g/mol. The van der Waals surface area contributed by atoms with Crippen LogP contribution >= 0.6 is 0 Å². The van der Waals surface area contributed by atoms with Crippen molar-refractivity contribution in [2.24, 2.45) is 0 Å². The molecule has 0 saturated heterocycles. The minimum atomic E-state index is -0.356. The van der Waals surface area contributed by atoms with Crippen molar-refractivity contribution in [2.75, 3.05) is 10.2 Å². The second-order valence-corrected chi connectivity index (χ2v) is 5.12. The number of rotatable bonds is 3. The highest BCUT2D eigenvalue weighted by Gasteiger charge is 2.35. The molecule has 1 aliphatic heterocycles. The average Bonchev–Trinajstić information content (AvgIpc) is 3.26. The van der Waals surface area contributed by atoms with Crippen LogP contribution in [0.15, 0.2) is 37.3 Å². The monoisotopic (exact) mass is 310 g/mol. The molecule has 0 aliphatic carbocycles. The Kier molecular flexibility index (Phi) is 3.04. The number of carbonyl (C=O) groups excluding carboxylic acids is 1. The highest BCUT2D eigenvalue weighted by Crippen LogP contribution is 2.36. The molecule has 3 aromatic rings. The predicted octanol–water partition coefficient (Wildman–Crippen LogP) is 1.25. The predicted molar refractivity (Wildman–Crippen MR) is 82.6 cm³/mol. The van der Waals surface area contributed by atoms with Crippen LogP contribution < -0.4 is 10.2 Å². The van der Waals surface area contributed by atoms with Gasteiger partial charge in [0.15, 0.2) is 5.82 Å². The third-order valence-corrected chi connectivity index (χ3v) is 3.74.